The molecule has 3 aromatic heterocycles. The van der Waals surface area contributed by atoms with Gasteiger partial charge in [0.15, 0.2) is 11.5 Å². The molecule has 1 aromatic carbocycles. The van der Waals surface area contributed by atoms with E-state index in [2.05, 4.69) is 73.7 Å². The second-order valence-corrected chi connectivity index (χ2v) is 8.26. The zero-order valence-electron chi connectivity index (χ0n) is 18.4. The monoisotopic (exact) mass is 419 g/mol. The smallest absolute Gasteiger partial charge is 0.229 e. The molecule has 0 radical (unpaired) electrons. The number of hydrogen-bond acceptors (Lipinski definition) is 7. The number of aromatic amines is 1. The summed E-state index contributed by atoms with van der Waals surface area (Å²) in [6, 6.07) is 6.32. The van der Waals surface area contributed by atoms with Crippen LogP contribution in [0.1, 0.15) is 25.6 Å². The van der Waals surface area contributed by atoms with Crippen LogP contribution in [-0.4, -0.2) is 67.6 Å². The lowest BCUT2D eigenvalue weighted by molar-refractivity contribution is 0.311. The Bertz CT molecular complexity index is 1200. The summed E-state index contributed by atoms with van der Waals surface area (Å²) in [6.07, 6.45) is 3.99. The fourth-order valence-electron chi connectivity index (χ4n) is 4.12. The second kappa shape index (κ2) is 8.14. The predicted octanol–water partition coefficient (Wildman–Crippen LogP) is 3.31. The van der Waals surface area contributed by atoms with Gasteiger partial charge >= 0.3 is 0 Å². The van der Waals surface area contributed by atoms with Crippen molar-refractivity contribution in [1.29, 1.82) is 0 Å². The van der Waals surface area contributed by atoms with E-state index in [1.54, 1.807) is 6.33 Å². The fourth-order valence-corrected chi connectivity index (χ4v) is 4.12. The molecule has 4 aromatic rings. The molecule has 0 amide bonds. The zero-order valence-corrected chi connectivity index (χ0v) is 18.4. The standard InChI is InChI=1S/C22H29N9/c1-4-5-8-31-15(2)25-17-13-16(6-7-18(17)31)26-21-19-20(24-14-23-19)27-22(28-21)30-11-9-29(3)10-12-30/h6-7,13-14H,4-5,8-12H2,1-3H3,(H2,23,24,26,27,28). The molecule has 1 aliphatic heterocycles. The molecule has 0 bridgehead atoms. The van der Waals surface area contributed by atoms with Crippen molar-refractivity contribution in [3.8, 4) is 0 Å². The van der Waals surface area contributed by atoms with Crippen LogP contribution in [0.4, 0.5) is 17.5 Å². The van der Waals surface area contributed by atoms with Gasteiger partial charge in [-0.3, -0.25) is 0 Å². The third kappa shape index (κ3) is 3.81. The first-order chi connectivity index (χ1) is 15.1. The van der Waals surface area contributed by atoms with E-state index < -0.39 is 0 Å². The number of H-pyrrole nitrogens is 1. The van der Waals surface area contributed by atoms with E-state index in [1.165, 1.54) is 11.9 Å². The first-order valence-corrected chi connectivity index (χ1v) is 11.0. The van der Waals surface area contributed by atoms with E-state index in [-0.39, 0.29) is 0 Å². The third-order valence-electron chi connectivity index (χ3n) is 6.00. The Balaban J connectivity index is 1.47. The van der Waals surface area contributed by atoms with Crippen molar-refractivity contribution < 1.29 is 0 Å². The van der Waals surface area contributed by atoms with Crippen molar-refractivity contribution in [2.45, 2.75) is 33.2 Å². The van der Waals surface area contributed by atoms with Crippen molar-refractivity contribution in [3.05, 3.63) is 30.4 Å². The van der Waals surface area contributed by atoms with Crippen molar-refractivity contribution >= 4 is 39.7 Å². The highest BCUT2D eigenvalue weighted by atomic mass is 15.3. The van der Waals surface area contributed by atoms with Gasteiger partial charge < -0.3 is 24.7 Å². The molecule has 0 spiro atoms. The van der Waals surface area contributed by atoms with E-state index in [1.807, 2.05) is 0 Å². The number of nitrogens with one attached hydrogen (secondary N) is 2. The van der Waals surface area contributed by atoms with Crippen molar-refractivity contribution in [2.24, 2.45) is 0 Å². The normalized spacial score (nSPS) is 15.3. The maximum Gasteiger partial charge on any atom is 0.229 e. The minimum Gasteiger partial charge on any atom is -0.340 e. The summed E-state index contributed by atoms with van der Waals surface area (Å²) < 4.78 is 2.30. The fraction of sp³-hybridized carbons (Fsp3) is 0.455. The molecule has 0 aliphatic carbocycles. The number of hydrogen-bond donors (Lipinski definition) is 2. The maximum atomic E-state index is 4.85. The molecule has 1 aliphatic rings. The van der Waals surface area contributed by atoms with Crippen LogP contribution in [0, 0.1) is 6.92 Å². The zero-order chi connectivity index (χ0) is 21.4. The molecule has 9 heteroatoms. The Morgan fingerprint density at radius 3 is 2.74 bits per heavy atom. The summed E-state index contributed by atoms with van der Waals surface area (Å²) in [5.41, 5.74) is 4.60. The summed E-state index contributed by atoms with van der Waals surface area (Å²) >= 11 is 0. The van der Waals surface area contributed by atoms with E-state index in [0.717, 1.165) is 73.5 Å². The minimum absolute atomic E-state index is 0.673. The number of fused-ring (bicyclic) bond motifs is 2. The predicted molar refractivity (Wildman–Crippen MR) is 124 cm³/mol. The lowest BCUT2D eigenvalue weighted by atomic mass is 10.2. The number of aromatic nitrogens is 6. The molecule has 2 N–H and O–H groups in total. The van der Waals surface area contributed by atoms with Crippen LogP contribution in [-0.2, 0) is 6.54 Å². The number of anilines is 3. The highest BCUT2D eigenvalue weighted by molar-refractivity contribution is 5.88. The molecule has 1 fully saturated rings. The Morgan fingerprint density at radius 2 is 1.94 bits per heavy atom. The molecule has 4 heterocycles. The van der Waals surface area contributed by atoms with Gasteiger partial charge in [-0.2, -0.15) is 9.97 Å². The van der Waals surface area contributed by atoms with Gasteiger partial charge in [-0.25, -0.2) is 9.97 Å². The lowest BCUT2D eigenvalue weighted by Crippen LogP contribution is -2.45. The number of unbranched alkanes of at least 4 members (excludes halogenated alkanes) is 1. The van der Waals surface area contributed by atoms with Crippen LogP contribution >= 0.6 is 0 Å². The molecule has 0 unspecified atom stereocenters. The third-order valence-corrected chi connectivity index (χ3v) is 6.00. The van der Waals surface area contributed by atoms with Crippen LogP contribution in [0.15, 0.2) is 24.5 Å². The van der Waals surface area contributed by atoms with Gasteiger partial charge in [0.1, 0.15) is 11.3 Å². The van der Waals surface area contributed by atoms with Crippen molar-refractivity contribution in [2.75, 3.05) is 43.4 Å². The van der Waals surface area contributed by atoms with E-state index in [4.69, 9.17) is 9.97 Å². The van der Waals surface area contributed by atoms with Crippen LogP contribution in [0.25, 0.3) is 22.2 Å². The van der Waals surface area contributed by atoms with Crippen LogP contribution < -0.4 is 10.2 Å². The van der Waals surface area contributed by atoms with Gasteiger partial charge in [-0.05, 0) is 38.6 Å². The van der Waals surface area contributed by atoms with Gasteiger partial charge in [0.2, 0.25) is 5.95 Å². The molecule has 31 heavy (non-hydrogen) atoms. The summed E-state index contributed by atoms with van der Waals surface area (Å²) in [5, 5.41) is 3.48. The molecule has 0 atom stereocenters. The van der Waals surface area contributed by atoms with Gasteiger partial charge in [0.25, 0.3) is 0 Å². The molecule has 162 valence electrons. The number of piperazine rings is 1. The number of rotatable bonds is 6. The largest absolute Gasteiger partial charge is 0.340 e. The average molecular weight is 420 g/mol. The Hall–Kier alpha value is -3.20. The topological polar surface area (TPSA) is 90.8 Å². The minimum atomic E-state index is 0.673. The Morgan fingerprint density at radius 1 is 1.10 bits per heavy atom. The quantitative estimate of drug-likeness (QED) is 0.495. The lowest BCUT2D eigenvalue weighted by Gasteiger charge is -2.32. The average Bonchev–Trinajstić information content (AvgIpc) is 3.36. The summed E-state index contributed by atoms with van der Waals surface area (Å²) in [5.74, 6) is 2.50. The second-order valence-electron chi connectivity index (χ2n) is 8.26. The van der Waals surface area contributed by atoms with E-state index in [0.29, 0.717) is 5.65 Å². The molecule has 1 saturated heterocycles. The molecule has 5 rings (SSSR count). The highest BCUT2D eigenvalue weighted by Crippen LogP contribution is 2.27. The molecule has 9 nitrogen and oxygen atoms in total. The number of benzene rings is 1. The molecular formula is C22H29N9. The molecular weight excluding hydrogens is 390 g/mol. The summed E-state index contributed by atoms with van der Waals surface area (Å²) in [6.45, 7) is 9.11. The number of imidazole rings is 2. The number of aryl methyl sites for hydroxylation is 2. The van der Waals surface area contributed by atoms with E-state index in [9.17, 15) is 0 Å². The molecule has 0 saturated carbocycles. The van der Waals surface area contributed by atoms with Gasteiger partial charge in [0.05, 0.1) is 17.4 Å². The van der Waals surface area contributed by atoms with E-state index >= 15 is 0 Å². The maximum absolute atomic E-state index is 4.85. The first kappa shape index (κ1) is 19.7. The Kier molecular flexibility index (Phi) is 5.19. The summed E-state index contributed by atoms with van der Waals surface area (Å²) in [7, 11) is 2.14. The number of nitrogens with zero attached hydrogens (tertiary/aromatic N) is 7. The Labute approximate surface area is 181 Å². The van der Waals surface area contributed by atoms with Crippen molar-refractivity contribution in [1.82, 2.24) is 34.4 Å². The van der Waals surface area contributed by atoms with Crippen LogP contribution in [0.3, 0.4) is 0 Å². The van der Waals surface area contributed by atoms with Gasteiger partial charge in [-0.15, -0.1) is 0 Å². The van der Waals surface area contributed by atoms with Gasteiger partial charge in [-0.1, -0.05) is 13.3 Å². The van der Waals surface area contributed by atoms with Crippen LogP contribution in [0.2, 0.25) is 0 Å². The number of likely N-dealkylation sites (N-methyl/N-ethyl adjacent to an activating group) is 1. The van der Waals surface area contributed by atoms with Crippen LogP contribution in [0.5, 0.6) is 0 Å². The highest BCUT2D eigenvalue weighted by Gasteiger charge is 2.19. The summed E-state index contributed by atoms with van der Waals surface area (Å²) in [4.78, 5) is 26.4. The van der Waals surface area contributed by atoms with Crippen molar-refractivity contribution in [3.63, 3.8) is 0 Å². The first-order valence-electron chi connectivity index (χ1n) is 11.0. The van der Waals surface area contributed by atoms with Gasteiger partial charge in [0, 0.05) is 38.4 Å². The SMILES string of the molecule is CCCCn1c(C)nc2cc(Nc3nc(N4CCN(C)CC4)nc4nc[nH]c34)ccc21.